The van der Waals surface area contributed by atoms with E-state index in [4.69, 9.17) is 4.74 Å². The smallest absolute Gasteiger partial charge is 0.243 e. The summed E-state index contributed by atoms with van der Waals surface area (Å²) in [4.78, 5) is 14.0. The minimum absolute atomic E-state index is 0.00207. The van der Waals surface area contributed by atoms with Crippen LogP contribution in [0.2, 0.25) is 0 Å². The second-order valence-electron chi connectivity index (χ2n) is 7.10. The minimum Gasteiger partial charge on any atom is -0.494 e. The highest BCUT2D eigenvalue weighted by molar-refractivity contribution is 7.89. The van der Waals surface area contributed by atoms with Crippen molar-refractivity contribution >= 4 is 15.9 Å². The van der Waals surface area contributed by atoms with E-state index in [9.17, 15) is 17.6 Å². The van der Waals surface area contributed by atoms with Crippen molar-refractivity contribution in [3.8, 4) is 5.75 Å². The summed E-state index contributed by atoms with van der Waals surface area (Å²) < 4.78 is 45.6. The Morgan fingerprint density at radius 1 is 1.16 bits per heavy atom. The number of carbonyl (C=O) groups is 1. The average Bonchev–Trinajstić information content (AvgIpc) is 2.79. The Kier molecular flexibility index (Phi) is 5.73. The summed E-state index contributed by atoms with van der Waals surface area (Å²) in [6.45, 7) is 6.85. The molecule has 1 aliphatic rings. The summed E-state index contributed by atoms with van der Waals surface area (Å²) in [7, 11) is -2.50. The summed E-state index contributed by atoms with van der Waals surface area (Å²) >= 11 is 0. The zero-order valence-electron chi connectivity index (χ0n) is 15.1. The van der Waals surface area contributed by atoms with Crippen molar-refractivity contribution in [2.24, 2.45) is 5.41 Å². The molecule has 8 heteroatoms. The number of carbonyl (C=O) groups excluding carboxylic acids is 1. The first-order valence-corrected chi connectivity index (χ1v) is 9.64. The molecule has 25 heavy (non-hydrogen) atoms. The van der Waals surface area contributed by atoms with Gasteiger partial charge in [0.05, 0.1) is 12.0 Å². The molecule has 1 aromatic rings. The number of ether oxygens (including phenoxy) is 1. The number of methoxy groups -OCH3 is 1. The highest BCUT2D eigenvalue weighted by atomic mass is 32.2. The Balaban J connectivity index is 2.18. The molecule has 1 aliphatic heterocycles. The second kappa shape index (κ2) is 7.29. The highest BCUT2D eigenvalue weighted by Crippen LogP contribution is 2.25. The number of halogens is 1. The van der Waals surface area contributed by atoms with Crippen LogP contribution < -0.4 is 4.74 Å². The number of sulfonamides is 1. The molecule has 0 saturated carbocycles. The molecule has 0 N–H and O–H groups in total. The van der Waals surface area contributed by atoms with E-state index in [2.05, 4.69) is 0 Å². The van der Waals surface area contributed by atoms with Gasteiger partial charge in [0.1, 0.15) is 0 Å². The Morgan fingerprint density at radius 2 is 1.84 bits per heavy atom. The van der Waals surface area contributed by atoms with Gasteiger partial charge in [-0.25, -0.2) is 12.8 Å². The van der Waals surface area contributed by atoms with Gasteiger partial charge in [-0.15, -0.1) is 0 Å². The lowest BCUT2D eigenvalue weighted by molar-refractivity contribution is -0.139. The second-order valence-corrected chi connectivity index (χ2v) is 9.03. The number of benzene rings is 1. The normalized spacial score (nSPS) is 17.2. The Bertz CT molecular complexity index is 744. The molecular formula is C17H25FN2O4S. The van der Waals surface area contributed by atoms with Crippen LogP contribution in [0, 0.1) is 11.2 Å². The zero-order chi connectivity index (χ0) is 18.8. The molecule has 0 bridgehead atoms. The molecule has 1 aromatic carbocycles. The van der Waals surface area contributed by atoms with Crippen molar-refractivity contribution in [3.63, 3.8) is 0 Å². The maximum Gasteiger partial charge on any atom is 0.243 e. The predicted octanol–water partition coefficient (Wildman–Crippen LogP) is 2.10. The summed E-state index contributed by atoms with van der Waals surface area (Å²) in [5.74, 6) is -0.720. The van der Waals surface area contributed by atoms with Gasteiger partial charge in [-0.3, -0.25) is 4.79 Å². The summed E-state index contributed by atoms with van der Waals surface area (Å²) in [6, 6.07) is 3.60. The fourth-order valence-corrected chi connectivity index (χ4v) is 4.25. The lowest BCUT2D eigenvalue weighted by atomic mass is 9.94. The first-order chi connectivity index (χ1) is 11.6. The SMILES string of the molecule is COc1ccc(S(=O)(=O)N2CCCN(C(=O)C(C)(C)C)CC2)cc1F. The van der Waals surface area contributed by atoms with Crippen LogP contribution in [0.1, 0.15) is 27.2 Å². The number of nitrogens with zero attached hydrogens (tertiary/aromatic N) is 2. The fourth-order valence-electron chi connectivity index (χ4n) is 2.77. The van der Waals surface area contributed by atoms with Gasteiger partial charge < -0.3 is 9.64 Å². The number of hydrogen-bond donors (Lipinski definition) is 0. The standard InChI is InChI=1S/C17H25FN2O4S/c1-17(2,3)16(21)19-8-5-9-20(11-10-19)25(22,23)13-6-7-15(24-4)14(18)12-13/h6-7,12H,5,8-11H2,1-4H3. The van der Waals surface area contributed by atoms with E-state index < -0.39 is 21.3 Å². The van der Waals surface area contributed by atoms with E-state index in [-0.39, 0.29) is 23.1 Å². The van der Waals surface area contributed by atoms with Crippen LogP contribution in [0.5, 0.6) is 5.75 Å². The Morgan fingerprint density at radius 3 is 2.40 bits per heavy atom. The van der Waals surface area contributed by atoms with Crippen LogP contribution in [0.3, 0.4) is 0 Å². The monoisotopic (exact) mass is 372 g/mol. The van der Waals surface area contributed by atoms with Gasteiger partial charge >= 0.3 is 0 Å². The largest absolute Gasteiger partial charge is 0.494 e. The molecule has 1 heterocycles. The van der Waals surface area contributed by atoms with Crippen molar-refractivity contribution < 1.29 is 22.3 Å². The van der Waals surface area contributed by atoms with E-state index in [0.717, 1.165) is 6.07 Å². The van der Waals surface area contributed by atoms with Gasteiger partial charge in [0.15, 0.2) is 11.6 Å². The van der Waals surface area contributed by atoms with E-state index in [0.29, 0.717) is 26.1 Å². The molecule has 1 fully saturated rings. The third kappa shape index (κ3) is 4.30. The van der Waals surface area contributed by atoms with Crippen LogP contribution in [0.25, 0.3) is 0 Å². The van der Waals surface area contributed by atoms with Crippen molar-refractivity contribution in [1.29, 1.82) is 0 Å². The topological polar surface area (TPSA) is 66.9 Å². The summed E-state index contributed by atoms with van der Waals surface area (Å²) in [6.07, 6.45) is 0.541. The zero-order valence-corrected chi connectivity index (χ0v) is 15.9. The van der Waals surface area contributed by atoms with Crippen LogP contribution in [-0.2, 0) is 14.8 Å². The average molecular weight is 372 g/mol. The van der Waals surface area contributed by atoms with Crippen LogP contribution in [0.4, 0.5) is 4.39 Å². The van der Waals surface area contributed by atoms with Crippen LogP contribution in [0.15, 0.2) is 23.1 Å². The lowest BCUT2D eigenvalue weighted by Gasteiger charge is -2.28. The molecule has 140 valence electrons. The molecule has 0 spiro atoms. The van der Waals surface area contributed by atoms with E-state index >= 15 is 0 Å². The highest BCUT2D eigenvalue weighted by Gasteiger charge is 2.32. The maximum atomic E-state index is 13.9. The van der Waals surface area contributed by atoms with Gasteiger partial charge in [-0.1, -0.05) is 20.8 Å². The molecule has 1 amide bonds. The molecule has 0 radical (unpaired) electrons. The lowest BCUT2D eigenvalue weighted by Crippen LogP contribution is -2.42. The maximum absolute atomic E-state index is 13.9. The number of amides is 1. The van der Waals surface area contributed by atoms with E-state index in [1.165, 1.54) is 23.5 Å². The van der Waals surface area contributed by atoms with Gasteiger partial charge in [0.25, 0.3) is 0 Å². The quantitative estimate of drug-likeness (QED) is 0.815. The molecule has 0 aromatic heterocycles. The van der Waals surface area contributed by atoms with Crippen molar-refractivity contribution in [3.05, 3.63) is 24.0 Å². The minimum atomic E-state index is -3.82. The molecule has 1 saturated heterocycles. The van der Waals surface area contributed by atoms with Gasteiger partial charge in [0, 0.05) is 31.6 Å². The molecule has 6 nitrogen and oxygen atoms in total. The Labute approximate surface area is 148 Å². The van der Waals surface area contributed by atoms with Crippen molar-refractivity contribution in [1.82, 2.24) is 9.21 Å². The molecule has 0 unspecified atom stereocenters. The molecule has 0 aliphatic carbocycles. The first-order valence-electron chi connectivity index (χ1n) is 8.20. The van der Waals surface area contributed by atoms with Crippen molar-refractivity contribution in [2.75, 3.05) is 33.3 Å². The fraction of sp³-hybridized carbons (Fsp3) is 0.588. The number of rotatable bonds is 3. The predicted molar refractivity (Wildman–Crippen MR) is 92.4 cm³/mol. The van der Waals surface area contributed by atoms with E-state index in [1.54, 1.807) is 4.90 Å². The number of hydrogen-bond acceptors (Lipinski definition) is 4. The molecule has 2 rings (SSSR count). The first kappa shape index (κ1) is 19.7. The van der Waals surface area contributed by atoms with Gasteiger partial charge in [0.2, 0.25) is 15.9 Å². The van der Waals surface area contributed by atoms with Gasteiger partial charge in [-0.05, 0) is 24.6 Å². The third-order valence-electron chi connectivity index (χ3n) is 4.14. The summed E-state index contributed by atoms with van der Waals surface area (Å²) in [5.41, 5.74) is -0.507. The molecular weight excluding hydrogens is 347 g/mol. The van der Waals surface area contributed by atoms with E-state index in [1.807, 2.05) is 20.8 Å². The Hall–Kier alpha value is -1.67. The third-order valence-corrected chi connectivity index (χ3v) is 6.04. The molecule has 0 atom stereocenters. The van der Waals surface area contributed by atoms with Gasteiger partial charge in [-0.2, -0.15) is 4.31 Å². The van der Waals surface area contributed by atoms with Crippen molar-refractivity contribution in [2.45, 2.75) is 32.1 Å². The van der Waals surface area contributed by atoms with Crippen LogP contribution in [-0.4, -0.2) is 56.8 Å². The summed E-state index contributed by atoms with van der Waals surface area (Å²) in [5, 5.41) is 0. The van der Waals surface area contributed by atoms with Crippen LogP contribution >= 0.6 is 0 Å².